The molecule has 0 radical (unpaired) electrons. The molecule has 1 aromatic heterocycles. The predicted molar refractivity (Wildman–Crippen MR) is 68.8 cm³/mol. The van der Waals surface area contributed by atoms with E-state index in [0.29, 0.717) is 17.0 Å². The summed E-state index contributed by atoms with van der Waals surface area (Å²) >= 11 is 0. The Kier molecular flexibility index (Phi) is 3.13. The van der Waals surface area contributed by atoms with Crippen molar-refractivity contribution in [3.05, 3.63) is 59.4 Å². The van der Waals surface area contributed by atoms with E-state index < -0.39 is 17.3 Å². The van der Waals surface area contributed by atoms with Crippen LogP contribution in [-0.2, 0) is 11.8 Å². The molecule has 3 rings (SSSR count). The highest BCUT2D eigenvalue weighted by molar-refractivity contribution is 5.42. The van der Waals surface area contributed by atoms with Crippen molar-refractivity contribution in [3.8, 4) is 5.75 Å². The van der Waals surface area contributed by atoms with Crippen LogP contribution in [0.5, 0.6) is 5.75 Å². The van der Waals surface area contributed by atoms with Gasteiger partial charge in [0.05, 0.1) is 12.2 Å². The van der Waals surface area contributed by atoms with Crippen molar-refractivity contribution < 1.29 is 23.0 Å². The molecule has 2 heterocycles. The molecule has 0 bridgehead atoms. The van der Waals surface area contributed by atoms with Gasteiger partial charge < -0.3 is 9.84 Å². The molecule has 1 aromatic carbocycles. The van der Waals surface area contributed by atoms with Gasteiger partial charge in [-0.2, -0.15) is 13.2 Å². The van der Waals surface area contributed by atoms with Gasteiger partial charge in [-0.3, -0.25) is 4.98 Å². The molecule has 0 amide bonds. The first-order chi connectivity index (χ1) is 9.91. The van der Waals surface area contributed by atoms with Gasteiger partial charge in [-0.1, -0.05) is 12.1 Å². The molecular weight excluding hydrogens is 283 g/mol. The Hall–Kier alpha value is -2.08. The summed E-state index contributed by atoms with van der Waals surface area (Å²) < 4.78 is 43.2. The van der Waals surface area contributed by atoms with Crippen LogP contribution in [0.2, 0.25) is 0 Å². The van der Waals surface area contributed by atoms with Crippen molar-refractivity contribution in [3.63, 3.8) is 0 Å². The number of pyridine rings is 1. The van der Waals surface area contributed by atoms with Gasteiger partial charge >= 0.3 is 6.18 Å². The molecule has 110 valence electrons. The number of fused-ring (bicyclic) bond motifs is 1. The monoisotopic (exact) mass is 295 g/mol. The molecule has 0 fully saturated rings. The lowest BCUT2D eigenvalue weighted by atomic mass is 9.85. The van der Waals surface area contributed by atoms with Crippen LogP contribution in [0.15, 0.2) is 42.6 Å². The average Bonchev–Trinajstić information content (AvgIpc) is 2.47. The van der Waals surface area contributed by atoms with Crippen LogP contribution in [-0.4, -0.2) is 16.7 Å². The summed E-state index contributed by atoms with van der Waals surface area (Å²) in [5.74, 6) is 0.450. The standard InChI is InChI=1S/C15H12F3NO2/c16-15(17,18)11-5-3-10(4-6-11)14(20)7-9-21-12-2-1-8-19-13(12)14/h1-6,8,20H,7,9H2. The van der Waals surface area contributed by atoms with Gasteiger partial charge in [0, 0.05) is 12.6 Å². The van der Waals surface area contributed by atoms with E-state index in [1.807, 2.05) is 0 Å². The second-order valence-electron chi connectivity index (χ2n) is 4.88. The molecule has 0 saturated heterocycles. The highest BCUT2D eigenvalue weighted by Gasteiger charge is 2.39. The number of rotatable bonds is 1. The van der Waals surface area contributed by atoms with Crippen LogP contribution in [0.25, 0.3) is 0 Å². The van der Waals surface area contributed by atoms with E-state index in [2.05, 4.69) is 4.98 Å². The minimum atomic E-state index is -4.40. The Morgan fingerprint density at radius 3 is 2.52 bits per heavy atom. The third kappa shape index (κ3) is 2.35. The van der Waals surface area contributed by atoms with Crippen molar-refractivity contribution in [2.45, 2.75) is 18.2 Å². The van der Waals surface area contributed by atoms with Gasteiger partial charge in [0.1, 0.15) is 17.0 Å². The average molecular weight is 295 g/mol. The molecule has 1 N–H and O–H groups in total. The van der Waals surface area contributed by atoms with Gasteiger partial charge in [0.15, 0.2) is 0 Å². The van der Waals surface area contributed by atoms with Crippen LogP contribution < -0.4 is 4.74 Å². The zero-order chi connectivity index (χ0) is 15.1. The number of aliphatic hydroxyl groups is 1. The minimum Gasteiger partial charge on any atom is -0.491 e. The Bertz CT molecular complexity index is 655. The fraction of sp³-hybridized carbons (Fsp3) is 0.267. The van der Waals surface area contributed by atoms with Crippen molar-refractivity contribution in [2.24, 2.45) is 0 Å². The van der Waals surface area contributed by atoms with Gasteiger partial charge in [-0.25, -0.2) is 0 Å². The molecule has 1 unspecified atom stereocenters. The molecule has 6 heteroatoms. The number of nitrogens with zero attached hydrogens (tertiary/aromatic N) is 1. The molecule has 1 aliphatic heterocycles. The maximum atomic E-state index is 12.6. The maximum absolute atomic E-state index is 12.6. The number of alkyl halides is 3. The topological polar surface area (TPSA) is 42.4 Å². The predicted octanol–water partition coefficient (Wildman–Crippen LogP) is 3.12. The second kappa shape index (κ2) is 4.73. The number of benzene rings is 1. The number of hydrogen-bond donors (Lipinski definition) is 1. The van der Waals surface area contributed by atoms with Crippen LogP contribution in [0, 0.1) is 0 Å². The second-order valence-corrected chi connectivity index (χ2v) is 4.88. The summed E-state index contributed by atoms with van der Waals surface area (Å²) in [5, 5.41) is 10.9. The van der Waals surface area contributed by atoms with E-state index in [4.69, 9.17) is 4.74 Å². The number of hydrogen-bond acceptors (Lipinski definition) is 3. The normalized spacial score (nSPS) is 21.5. The molecule has 3 nitrogen and oxygen atoms in total. The summed E-state index contributed by atoms with van der Waals surface area (Å²) in [7, 11) is 0. The Labute approximate surface area is 119 Å². The van der Waals surface area contributed by atoms with E-state index in [9.17, 15) is 18.3 Å². The first-order valence-electron chi connectivity index (χ1n) is 6.40. The highest BCUT2D eigenvalue weighted by atomic mass is 19.4. The lowest BCUT2D eigenvalue weighted by Gasteiger charge is -2.33. The fourth-order valence-electron chi connectivity index (χ4n) is 2.46. The lowest BCUT2D eigenvalue weighted by molar-refractivity contribution is -0.137. The number of aromatic nitrogens is 1. The summed E-state index contributed by atoms with van der Waals surface area (Å²) in [6, 6.07) is 7.85. The van der Waals surface area contributed by atoms with Crippen LogP contribution in [0.1, 0.15) is 23.2 Å². The zero-order valence-electron chi connectivity index (χ0n) is 10.9. The SMILES string of the molecule is OC1(c2ccc(C(F)(F)F)cc2)CCOc2cccnc21. The molecular formula is C15H12F3NO2. The van der Waals surface area contributed by atoms with E-state index in [1.54, 1.807) is 12.1 Å². The Morgan fingerprint density at radius 1 is 1.14 bits per heavy atom. The fourth-order valence-corrected chi connectivity index (χ4v) is 2.46. The highest BCUT2D eigenvalue weighted by Crippen LogP contribution is 2.41. The maximum Gasteiger partial charge on any atom is 0.416 e. The first-order valence-corrected chi connectivity index (χ1v) is 6.40. The molecule has 0 aliphatic carbocycles. The van der Waals surface area contributed by atoms with Crippen molar-refractivity contribution >= 4 is 0 Å². The van der Waals surface area contributed by atoms with E-state index >= 15 is 0 Å². The molecule has 1 aliphatic rings. The molecule has 1 atom stereocenters. The lowest BCUT2D eigenvalue weighted by Crippen LogP contribution is -2.35. The van der Waals surface area contributed by atoms with Crippen molar-refractivity contribution in [1.82, 2.24) is 4.98 Å². The van der Waals surface area contributed by atoms with Gasteiger partial charge in [0.25, 0.3) is 0 Å². The third-order valence-corrected chi connectivity index (χ3v) is 3.57. The largest absolute Gasteiger partial charge is 0.491 e. The summed E-state index contributed by atoms with van der Waals surface area (Å²) in [6.45, 7) is 0.274. The van der Waals surface area contributed by atoms with Crippen LogP contribution in [0.4, 0.5) is 13.2 Å². The third-order valence-electron chi connectivity index (χ3n) is 3.57. The smallest absolute Gasteiger partial charge is 0.416 e. The number of halogens is 3. The van der Waals surface area contributed by atoms with E-state index in [0.717, 1.165) is 12.1 Å². The van der Waals surface area contributed by atoms with Gasteiger partial charge in [-0.15, -0.1) is 0 Å². The van der Waals surface area contributed by atoms with Gasteiger partial charge in [0.2, 0.25) is 0 Å². The Morgan fingerprint density at radius 2 is 1.86 bits per heavy atom. The minimum absolute atomic E-state index is 0.238. The zero-order valence-corrected chi connectivity index (χ0v) is 10.9. The van der Waals surface area contributed by atoms with Crippen molar-refractivity contribution in [1.29, 1.82) is 0 Å². The molecule has 21 heavy (non-hydrogen) atoms. The van der Waals surface area contributed by atoms with E-state index in [-0.39, 0.29) is 13.0 Å². The number of ether oxygens (including phenoxy) is 1. The molecule has 0 spiro atoms. The molecule has 2 aromatic rings. The van der Waals surface area contributed by atoms with Crippen LogP contribution in [0.3, 0.4) is 0 Å². The first kappa shape index (κ1) is 13.9. The summed E-state index contributed by atoms with van der Waals surface area (Å²) in [6.07, 6.45) is -2.64. The quantitative estimate of drug-likeness (QED) is 0.879. The van der Waals surface area contributed by atoms with Crippen LogP contribution >= 0.6 is 0 Å². The summed E-state index contributed by atoms with van der Waals surface area (Å²) in [5.41, 5.74) is -1.48. The Balaban J connectivity index is 2.04. The van der Waals surface area contributed by atoms with E-state index in [1.165, 1.54) is 18.3 Å². The van der Waals surface area contributed by atoms with Gasteiger partial charge in [-0.05, 0) is 29.8 Å². The summed E-state index contributed by atoms with van der Waals surface area (Å²) in [4.78, 5) is 4.12. The molecule has 0 saturated carbocycles. The van der Waals surface area contributed by atoms with Crippen molar-refractivity contribution in [2.75, 3.05) is 6.61 Å².